The Bertz CT molecular complexity index is 600. The van der Waals surface area contributed by atoms with E-state index in [0.717, 1.165) is 26.2 Å². The molecule has 0 aromatic heterocycles. The van der Waals surface area contributed by atoms with Crippen LogP contribution in [0.15, 0.2) is 36.4 Å². The van der Waals surface area contributed by atoms with Gasteiger partial charge in [-0.15, -0.1) is 0 Å². The van der Waals surface area contributed by atoms with Gasteiger partial charge >= 0.3 is 0 Å². The fraction of sp³-hybridized carbons (Fsp3) is 0.500. The van der Waals surface area contributed by atoms with E-state index in [4.69, 9.17) is 0 Å². The monoisotopic (exact) mass is 786 g/mol. The second-order valence-corrected chi connectivity index (χ2v) is 8.35. The van der Waals surface area contributed by atoms with E-state index in [9.17, 15) is 0 Å². The van der Waals surface area contributed by atoms with Crippen LogP contribution in [-0.2, 0) is 26.2 Å². The number of benzene rings is 2. The molecule has 8 heteroatoms. The second kappa shape index (κ2) is 22.4. The van der Waals surface area contributed by atoms with Crippen molar-refractivity contribution in [3.8, 4) is 0 Å². The summed E-state index contributed by atoms with van der Waals surface area (Å²) in [5.74, 6) is 0. The summed E-state index contributed by atoms with van der Waals surface area (Å²) in [7, 11) is 16.6. The maximum absolute atomic E-state index is 3.42. The molecule has 14 radical (unpaired) electrons. The molecule has 0 amide bonds. The largest absolute Gasteiger partial charge is 0.305 e. The molecule has 2 rings (SSSR count). The smallest absolute Gasteiger partial charge is 0.0233 e. The Morgan fingerprint density at radius 2 is 0.688 bits per heavy atom. The number of hydrogen-bond donors (Lipinski definition) is 0. The third-order valence-electron chi connectivity index (χ3n) is 3.78. The minimum atomic E-state index is 0. The van der Waals surface area contributed by atoms with Gasteiger partial charge < -0.3 is 19.6 Å². The molecule has 0 aliphatic rings. The summed E-state index contributed by atoms with van der Waals surface area (Å²) in [4.78, 5) is 8.63. The van der Waals surface area contributed by atoms with E-state index in [-0.39, 0.29) is 84.8 Å². The molecular formula is C24H42N4Se2Sn2. The summed E-state index contributed by atoms with van der Waals surface area (Å²) in [6, 6.07) is 19.6. The van der Waals surface area contributed by atoms with Crippen LogP contribution >= 0.6 is 0 Å². The maximum Gasteiger partial charge on any atom is 0.0233 e. The SMILES string of the molecule is CN(C)Cc1[c]c(CN(C)C)ccc1.CN(C)Cc1[c]c(CN(C)C)ccc1.[HH].[HH].[Se].[Se].[Sn].[Sn]. The van der Waals surface area contributed by atoms with Gasteiger partial charge in [0.1, 0.15) is 0 Å². The predicted octanol–water partition coefficient (Wildman–Crippen LogP) is 2.19. The first kappa shape index (κ1) is 40.1. The van der Waals surface area contributed by atoms with Crippen molar-refractivity contribution in [1.29, 1.82) is 0 Å². The molecule has 0 unspecified atom stereocenters. The van der Waals surface area contributed by atoms with Crippen molar-refractivity contribution >= 4 is 82.0 Å². The summed E-state index contributed by atoms with van der Waals surface area (Å²) >= 11 is 0. The number of rotatable bonds is 8. The predicted molar refractivity (Wildman–Crippen MR) is 147 cm³/mol. The standard InChI is InChI=1S/2C12H19N2.2Se.2Sn.2H2/c2*1-13(2)9-11-6-5-7-12(8-11)10-14(3)4;;;;;;/h2*5-7H,9-10H2,1-4H3;;;;;2*1H. The first-order chi connectivity index (χ1) is 13.2. The Labute approximate surface area is 255 Å². The van der Waals surface area contributed by atoms with Crippen molar-refractivity contribution in [1.82, 2.24) is 19.6 Å². The molecule has 4 nitrogen and oxygen atoms in total. The van der Waals surface area contributed by atoms with Gasteiger partial charge in [-0.2, -0.15) is 0 Å². The van der Waals surface area contributed by atoms with Crippen molar-refractivity contribution < 1.29 is 2.85 Å². The van der Waals surface area contributed by atoms with Crippen molar-refractivity contribution in [2.24, 2.45) is 0 Å². The molecule has 2 aromatic rings. The number of hydrogen-bond acceptors (Lipinski definition) is 4. The van der Waals surface area contributed by atoms with Crippen LogP contribution in [-0.4, -0.2) is 158 Å². The van der Waals surface area contributed by atoms with E-state index in [0.29, 0.717) is 0 Å². The Morgan fingerprint density at radius 3 is 0.844 bits per heavy atom. The minimum Gasteiger partial charge on any atom is -0.305 e. The van der Waals surface area contributed by atoms with E-state index in [2.05, 4.69) is 125 Å². The molecule has 0 heterocycles. The van der Waals surface area contributed by atoms with Gasteiger partial charge in [-0.25, -0.2) is 0 Å². The quantitative estimate of drug-likeness (QED) is 0.382. The first-order valence-corrected chi connectivity index (χ1v) is 9.74. The molecule has 2 aromatic carbocycles. The molecule has 0 saturated carbocycles. The molecule has 0 spiro atoms. The zero-order valence-electron chi connectivity index (χ0n) is 20.9. The third-order valence-corrected chi connectivity index (χ3v) is 3.78. The van der Waals surface area contributed by atoms with E-state index >= 15 is 0 Å². The summed E-state index contributed by atoms with van der Waals surface area (Å²) in [6.07, 6.45) is 0. The normalized spacial score (nSPS) is 9.88. The van der Waals surface area contributed by atoms with Gasteiger partial charge in [-0.1, -0.05) is 36.4 Å². The first-order valence-electron chi connectivity index (χ1n) is 9.74. The topological polar surface area (TPSA) is 13.0 Å². The zero-order chi connectivity index (χ0) is 21.1. The Morgan fingerprint density at radius 1 is 0.500 bits per heavy atom. The molecule has 0 aliphatic heterocycles. The molecular weight excluding hydrogens is 740 g/mol. The van der Waals surface area contributed by atoms with E-state index < -0.39 is 0 Å². The molecule has 0 aliphatic carbocycles. The summed E-state index contributed by atoms with van der Waals surface area (Å²) in [6.45, 7) is 3.84. The van der Waals surface area contributed by atoms with Gasteiger partial charge in [0.05, 0.1) is 0 Å². The van der Waals surface area contributed by atoms with Crippen LogP contribution in [0.4, 0.5) is 0 Å². The Hall–Kier alpha value is 0.916. The Balaban J connectivity index is -0.0000000980. The molecule has 0 saturated heterocycles. The molecule has 0 N–H and O–H groups in total. The van der Waals surface area contributed by atoms with Gasteiger partial charge in [0.2, 0.25) is 0 Å². The average molecular weight is 782 g/mol. The van der Waals surface area contributed by atoms with Crippen LogP contribution in [0, 0.1) is 12.1 Å². The van der Waals surface area contributed by atoms with E-state index in [1.807, 2.05) is 0 Å². The van der Waals surface area contributed by atoms with Crippen molar-refractivity contribution in [2.45, 2.75) is 26.2 Å². The third kappa shape index (κ3) is 20.3. The maximum atomic E-state index is 3.42. The summed E-state index contributed by atoms with van der Waals surface area (Å²) in [5.41, 5.74) is 5.03. The number of nitrogens with zero attached hydrogens (tertiary/aromatic N) is 4. The van der Waals surface area contributed by atoms with Crippen LogP contribution in [0.25, 0.3) is 0 Å². The fourth-order valence-corrected chi connectivity index (χ4v) is 2.87. The zero-order valence-corrected chi connectivity index (χ0v) is 30.0. The van der Waals surface area contributed by atoms with E-state index in [1.54, 1.807) is 0 Å². The van der Waals surface area contributed by atoms with Crippen LogP contribution < -0.4 is 0 Å². The molecule has 0 bridgehead atoms. The van der Waals surface area contributed by atoms with Crippen LogP contribution in [0.1, 0.15) is 25.1 Å². The van der Waals surface area contributed by atoms with Crippen molar-refractivity contribution in [2.75, 3.05) is 56.4 Å². The van der Waals surface area contributed by atoms with Gasteiger partial charge in [0.15, 0.2) is 0 Å². The van der Waals surface area contributed by atoms with Crippen LogP contribution in [0.3, 0.4) is 0 Å². The van der Waals surface area contributed by atoms with Crippen molar-refractivity contribution in [3.63, 3.8) is 0 Å². The average Bonchev–Trinajstić information content (AvgIpc) is 2.53. The van der Waals surface area contributed by atoms with Gasteiger partial charge in [-0.3, -0.25) is 0 Å². The Kier molecular flexibility index (Phi) is 28.1. The molecule has 32 heavy (non-hydrogen) atoms. The minimum absolute atomic E-state index is 0. The summed E-state index contributed by atoms with van der Waals surface area (Å²) < 4.78 is 0. The van der Waals surface area contributed by atoms with E-state index in [1.165, 1.54) is 22.3 Å². The molecule has 178 valence electrons. The van der Waals surface area contributed by atoms with Crippen molar-refractivity contribution in [3.05, 3.63) is 70.8 Å². The molecule has 0 fully saturated rings. The van der Waals surface area contributed by atoms with Crippen LogP contribution in [0.5, 0.6) is 0 Å². The second-order valence-electron chi connectivity index (χ2n) is 8.35. The van der Waals surface area contributed by atoms with Crippen LogP contribution in [0.2, 0.25) is 0 Å². The fourth-order valence-electron chi connectivity index (χ4n) is 2.87. The molecule has 0 atom stereocenters. The summed E-state index contributed by atoms with van der Waals surface area (Å²) in [5, 5.41) is 0. The van der Waals surface area contributed by atoms with Gasteiger partial charge in [0.25, 0.3) is 0 Å². The van der Waals surface area contributed by atoms with Gasteiger partial charge in [-0.05, 0) is 90.8 Å². The van der Waals surface area contributed by atoms with Gasteiger partial charge in [0, 0.05) is 111 Å².